The van der Waals surface area contributed by atoms with E-state index in [2.05, 4.69) is 0 Å². The second-order valence-corrected chi connectivity index (χ2v) is 13.5. The number of hydrogen-bond donors (Lipinski definition) is 1. The minimum Gasteiger partial charge on any atom is -0.494 e. The summed E-state index contributed by atoms with van der Waals surface area (Å²) in [5.41, 5.74) is 2.05. The highest BCUT2D eigenvalue weighted by Gasteiger charge is 2.56. The van der Waals surface area contributed by atoms with Gasteiger partial charge in [-0.3, -0.25) is 4.79 Å². The molecule has 0 aliphatic carbocycles. The molecule has 6 rings (SSSR count). The second kappa shape index (κ2) is 13.7. The molecule has 9 heteroatoms. The summed E-state index contributed by atoms with van der Waals surface area (Å²) in [4.78, 5) is 21.7. The van der Waals surface area contributed by atoms with Gasteiger partial charge < -0.3 is 19.5 Å². The maximum atomic E-state index is 14.8. The summed E-state index contributed by atoms with van der Waals surface area (Å²) >= 11 is 0. The molecule has 4 aromatic rings. The van der Waals surface area contributed by atoms with E-state index >= 15 is 0 Å². The zero-order chi connectivity index (χ0) is 32.0. The van der Waals surface area contributed by atoms with Crippen LogP contribution in [0.1, 0.15) is 41.2 Å². The number of rotatable bonds is 12. The average Bonchev–Trinajstić information content (AvgIpc) is 3.44. The van der Waals surface area contributed by atoms with Crippen LogP contribution >= 0.6 is 0 Å². The summed E-state index contributed by atoms with van der Waals surface area (Å²) in [5, 5.41) is 9.06. The van der Waals surface area contributed by atoms with Gasteiger partial charge in [-0.1, -0.05) is 84.9 Å². The van der Waals surface area contributed by atoms with Gasteiger partial charge in [0, 0.05) is 43.7 Å². The Morgan fingerprint density at radius 1 is 0.935 bits per heavy atom. The molecule has 236 valence electrons. The number of hydrogen-bond acceptors (Lipinski definition) is 7. The van der Waals surface area contributed by atoms with Crippen molar-refractivity contribution in [3.8, 4) is 5.75 Å². The molecule has 0 radical (unpaired) electrons. The lowest BCUT2D eigenvalue weighted by molar-refractivity contribution is -0.139. The standard InChI is InChI=1S/C37H36N2O6S/c40-24-10-25-44-31-20-18-29(19-21-31)35-38-37(22-9-13-28-11-3-1-4-12-28)34(45-35)33-17-8-7-14-30(33)27-39(36(37)41)23-26-46(42,43)32-15-5-2-6-16-32/h1-9,11-21,34,40H,10,22-27H2/b13-9+/t34-,37-/m1/s1. The van der Waals surface area contributed by atoms with Crippen molar-refractivity contribution in [3.63, 3.8) is 0 Å². The number of aliphatic hydroxyl groups excluding tert-OH is 1. The fourth-order valence-corrected chi connectivity index (χ4v) is 7.13. The fraction of sp³-hybridized carbons (Fsp3) is 0.243. The van der Waals surface area contributed by atoms with Gasteiger partial charge in [0.2, 0.25) is 5.90 Å². The van der Waals surface area contributed by atoms with E-state index in [1.165, 1.54) is 0 Å². The Labute approximate surface area is 269 Å². The number of ether oxygens (including phenoxy) is 2. The van der Waals surface area contributed by atoms with Crippen molar-refractivity contribution in [2.75, 3.05) is 25.5 Å². The van der Waals surface area contributed by atoms with E-state index < -0.39 is 21.5 Å². The van der Waals surface area contributed by atoms with E-state index in [0.29, 0.717) is 30.2 Å². The van der Waals surface area contributed by atoms with Crippen LogP contribution in [0.3, 0.4) is 0 Å². The first kappa shape index (κ1) is 31.3. The van der Waals surface area contributed by atoms with Crippen molar-refractivity contribution < 1.29 is 27.8 Å². The molecule has 0 fully saturated rings. The molecule has 46 heavy (non-hydrogen) atoms. The van der Waals surface area contributed by atoms with Gasteiger partial charge in [0.05, 0.1) is 17.3 Å². The van der Waals surface area contributed by atoms with Crippen molar-refractivity contribution in [2.24, 2.45) is 4.99 Å². The van der Waals surface area contributed by atoms with Crippen molar-refractivity contribution in [2.45, 2.75) is 35.9 Å². The Balaban J connectivity index is 1.38. The number of benzene rings is 4. The molecule has 0 saturated heterocycles. The van der Waals surface area contributed by atoms with Crippen LogP contribution in [-0.2, 0) is 25.9 Å². The van der Waals surface area contributed by atoms with E-state index in [4.69, 9.17) is 19.6 Å². The number of nitrogens with zero attached hydrogens (tertiary/aromatic N) is 2. The first-order valence-electron chi connectivity index (χ1n) is 15.4. The Bertz CT molecular complexity index is 1820. The minimum absolute atomic E-state index is 0.00595. The van der Waals surface area contributed by atoms with Crippen LogP contribution in [0.2, 0.25) is 0 Å². The average molecular weight is 637 g/mol. The molecule has 2 heterocycles. The predicted molar refractivity (Wildman–Crippen MR) is 177 cm³/mol. The van der Waals surface area contributed by atoms with Gasteiger partial charge in [-0.05, 0) is 47.5 Å². The molecule has 1 amide bonds. The molecule has 8 nitrogen and oxygen atoms in total. The molecule has 1 N–H and O–H groups in total. The summed E-state index contributed by atoms with van der Waals surface area (Å²) < 4.78 is 38.9. The largest absolute Gasteiger partial charge is 0.494 e. The van der Waals surface area contributed by atoms with Crippen molar-refractivity contribution in [1.29, 1.82) is 0 Å². The highest BCUT2D eigenvalue weighted by atomic mass is 32.2. The molecular weight excluding hydrogens is 600 g/mol. The molecular formula is C37H36N2O6S. The highest BCUT2D eigenvalue weighted by Crippen LogP contribution is 2.47. The molecule has 0 saturated carbocycles. The SMILES string of the molecule is O=C1N(CCS(=O)(=O)c2ccccc2)Cc2ccccc2[C@H]2OC(c3ccc(OCCCO)cc3)=N[C@@]12C/C=C/c1ccccc1. The van der Waals surface area contributed by atoms with E-state index in [-0.39, 0.29) is 42.7 Å². The Morgan fingerprint density at radius 2 is 1.63 bits per heavy atom. The van der Waals surface area contributed by atoms with Crippen LogP contribution in [0.4, 0.5) is 0 Å². The lowest BCUT2D eigenvalue weighted by Gasteiger charge is -2.31. The summed E-state index contributed by atoms with van der Waals surface area (Å²) in [6.07, 6.45) is 3.96. The summed E-state index contributed by atoms with van der Waals surface area (Å²) in [6, 6.07) is 33.2. The lowest BCUT2D eigenvalue weighted by Crippen LogP contribution is -2.49. The number of aliphatic imine (C=N–C) groups is 1. The molecule has 2 atom stereocenters. The van der Waals surface area contributed by atoms with Gasteiger partial charge in [0.25, 0.3) is 5.91 Å². The minimum atomic E-state index is -3.63. The Morgan fingerprint density at radius 3 is 2.37 bits per heavy atom. The summed E-state index contributed by atoms with van der Waals surface area (Å²) in [5.74, 6) is 0.481. The predicted octanol–water partition coefficient (Wildman–Crippen LogP) is 5.62. The Kier molecular flexibility index (Phi) is 9.33. The number of amides is 1. The van der Waals surface area contributed by atoms with Gasteiger partial charge in [-0.2, -0.15) is 0 Å². The molecule has 2 aliphatic rings. The second-order valence-electron chi connectivity index (χ2n) is 11.4. The quantitative estimate of drug-likeness (QED) is 0.202. The summed E-state index contributed by atoms with van der Waals surface area (Å²) in [6.45, 7) is 0.697. The molecule has 0 unspecified atom stereocenters. The Hall–Kier alpha value is -4.73. The fourth-order valence-electron chi connectivity index (χ4n) is 5.86. The van der Waals surface area contributed by atoms with Gasteiger partial charge in [-0.25, -0.2) is 13.4 Å². The molecule has 2 aliphatic heterocycles. The maximum absolute atomic E-state index is 14.8. The van der Waals surface area contributed by atoms with Gasteiger partial charge in [0.15, 0.2) is 21.5 Å². The first-order chi connectivity index (χ1) is 22.4. The lowest BCUT2D eigenvalue weighted by atomic mass is 9.84. The zero-order valence-electron chi connectivity index (χ0n) is 25.4. The third-order valence-electron chi connectivity index (χ3n) is 8.26. The number of aliphatic hydroxyl groups is 1. The normalized spacial score (nSPS) is 19.2. The van der Waals surface area contributed by atoms with E-state index in [1.54, 1.807) is 35.2 Å². The van der Waals surface area contributed by atoms with Gasteiger partial charge in [0.1, 0.15) is 5.75 Å². The first-order valence-corrected chi connectivity index (χ1v) is 17.0. The van der Waals surface area contributed by atoms with Crippen molar-refractivity contribution in [3.05, 3.63) is 138 Å². The maximum Gasteiger partial charge on any atom is 0.255 e. The van der Waals surface area contributed by atoms with Crippen LogP contribution in [-0.4, -0.2) is 61.3 Å². The van der Waals surface area contributed by atoms with Gasteiger partial charge >= 0.3 is 0 Å². The van der Waals surface area contributed by atoms with E-state index in [0.717, 1.165) is 16.7 Å². The number of sulfone groups is 1. The van der Waals surface area contributed by atoms with E-state index in [9.17, 15) is 13.2 Å². The third-order valence-corrected chi connectivity index (χ3v) is 9.97. The third kappa shape index (κ3) is 6.61. The van der Waals surface area contributed by atoms with Crippen LogP contribution in [0.25, 0.3) is 6.08 Å². The molecule has 4 aromatic carbocycles. The number of carbonyl (C=O) groups is 1. The van der Waals surface area contributed by atoms with Crippen molar-refractivity contribution >= 4 is 27.7 Å². The number of fused-ring (bicyclic) bond motifs is 3. The van der Waals surface area contributed by atoms with Crippen LogP contribution in [0.5, 0.6) is 5.75 Å². The molecule has 0 aromatic heterocycles. The van der Waals surface area contributed by atoms with Crippen molar-refractivity contribution in [1.82, 2.24) is 4.90 Å². The van der Waals surface area contributed by atoms with Crippen LogP contribution in [0, 0.1) is 0 Å². The van der Waals surface area contributed by atoms with Gasteiger partial charge in [-0.15, -0.1) is 0 Å². The van der Waals surface area contributed by atoms with Crippen LogP contribution in [0.15, 0.2) is 125 Å². The topological polar surface area (TPSA) is 106 Å². The monoisotopic (exact) mass is 636 g/mol. The van der Waals surface area contributed by atoms with Crippen LogP contribution < -0.4 is 4.74 Å². The molecule has 0 spiro atoms. The number of carbonyl (C=O) groups excluding carboxylic acids is 1. The highest BCUT2D eigenvalue weighted by molar-refractivity contribution is 7.91. The van der Waals surface area contributed by atoms with E-state index in [1.807, 2.05) is 91.0 Å². The molecule has 0 bridgehead atoms. The smallest absolute Gasteiger partial charge is 0.255 e. The zero-order valence-corrected chi connectivity index (χ0v) is 26.2. The summed E-state index contributed by atoms with van der Waals surface area (Å²) in [7, 11) is -3.63.